The van der Waals surface area contributed by atoms with Crippen LogP contribution in [0.3, 0.4) is 0 Å². The number of rotatable bonds is 11. The van der Waals surface area contributed by atoms with Gasteiger partial charge in [0.2, 0.25) is 70.9 Å². The van der Waals surface area contributed by atoms with Gasteiger partial charge in [-0.2, -0.15) is 13.2 Å². The number of hydrogen-bond donors (Lipinski definition) is 3. The van der Waals surface area contributed by atoms with E-state index in [4.69, 9.17) is 23.2 Å². The van der Waals surface area contributed by atoms with E-state index < -0.39 is 173 Å². The van der Waals surface area contributed by atoms with E-state index in [2.05, 4.69) is 16.0 Å². The minimum Gasteiger partial charge on any atom is -0.343 e. The minimum atomic E-state index is -4.79. The van der Waals surface area contributed by atoms with Gasteiger partial charge in [0.1, 0.15) is 47.8 Å². The number of nitrogens with zero attached hydrogens (tertiary/aromatic N) is 9. The highest BCUT2D eigenvalue weighted by molar-refractivity contribution is 6.31. The summed E-state index contributed by atoms with van der Waals surface area (Å²) >= 11 is 12.9. The summed E-state index contributed by atoms with van der Waals surface area (Å²) < 4.78 is 41.7. The zero-order chi connectivity index (χ0) is 73.6. The third-order valence-electron chi connectivity index (χ3n) is 19.5. The number of likely N-dealkylation sites (N-methyl/N-ethyl adjacent to an activating group) is 8. The van der Waals surface area contributed by atoms with Crippen LogP contribution in [0.15, 0.2) is 42.5 Å². The first-order valence-corrected chi connectivity index (χ1v) is 34.3. The number of aryl methyl sites for hydroxylation is 1. The Morgan fingerprint density at radius 1 is 0.643 bits per heavy atom. The van der Waals surface area contributed by atoms with E-state index in [-0.39, 0.29) is 42.2 Å². The Bertz CT molecular complexity index is 3240. The van der Waals surface area contributed by atoms with Crippen LogP contribution in [-0.2, 0) is 76.6 Å². The van der Waals surface area contributed by atoms with Crippen molar-refractivity contribution in [3.8, 4) is 0 Å². The molecule has 3 fully saturated rings. The fraction of sp³-hybridized carbons (Fsp3) is 0.652. The van der Waals surface area contributed by atoms with Crippen LogP contribution in [0.25, 0.3) is 0 Å². The Labute approximate surface area is 584 Å². The molecule has 0 aromatic heterocycles. The predicted molar refractivity (Wildman–Crippen MR) is 363 cm³/mol. The molecule has 1 aliphatic carbocycles. The van der Waals surface area contributed by atoms with Gasteiger partial charge in [0.05, 0.1) is 36.6 Å². The van der Waals surface area contributed by atoms with E-state index in [1.807, 2.05) is 0 Å². The second-order valence-corrected chi connectivity index (χ2v) is 28.4. The number of alkyl halides is 3. The molecule has 544 valence electrons. The second kappa shape index (κ2) is 35.5. The van der Waals surface area contributed by atoms with Crippen molar-refractivity contribution in [2.24, 2.45) is 17.8 Å². The van der Waals surface area contributed by atoms with Crippen LogP contribution in [-0.4, -0.2) is 252 Å². The van der Waals surface area contributed by atoms with E-state index in [1.165, 1.54) is 93.0 Å². The van der Waals surface area contributed by atoms with Crippen molar-refractivity contribution in [2.45, 2.75) is 186 Å². The van der Waals surface area contributed by atoms with E-state index in [0.29, 0.717) is 37.9 Å². The fourth-order valence-corrected chi connectivity index (χ4v) is 13.3. The highest BCUT2D eigenvalue weighted by Crippen LogP contribution is 2.36. The van der Waals surface area contributed by atoms with E-state index in [1.54, 1.807) is 52.0 Å². The van der Waals surface area contributed by atoms with Crippen LogP contribution < -0.4 is 16.0 Å². The molecule has 1 unspecified atom stereocenters. The van der Waals surface area contributed by atoms with Crippen molar-refractivity contribution in [1.29, 1.82) is 0 Å². The fourth-order valence-electron chi connectivity index (χ4n) is 12.8. The Morgan fingerprint density at radius 3 is 1.83 bits per heavy atom. The first-order valence-electron chi connectivity index (χ1n) is 33.6. The summed E-state index contributed by atoms with van der Waals surface area (Å²) in [5, 5.41) is 7.82. The lowest BCUT2D eigenvalue weighted by molar-refractivity contribution is -0.155. The number of nitrogens with one attached hydrogen (secondary N) is 3. The maximum atomic E-state index is 15.3. The van der Waals surface area contributed by atoms with Gasteiger partial charge in [0.25, 0.3) is 0 Å². The lowest BCUT2D eigenvalue weighted by atomic mass is 9.84. The third-order valence-corrected chi connectivity index (χ3v) is 20.2. The van der Waals surface area contributed by atoms with E-state index >= 15 is 19.2 Å². The number of likely N-dealkylation sites (tertiary alicyclic amines) is 1. The zero-order valence-corrected chi connectivity index (χ0v) is 60.9. The maximum absolute atomic E-state index is 15.3. The first kappa shape index (κ1) is 81.1. The van der Waals surface area contributed by atoms with Gasteiger partial charge in [-0.25, -0.2) is 0 Å². The van der Waals surface area contributed by atoms with Gasteiger partial charge in [-0.3, -0.25) is 57.5 Å². The molecule has 1 saturated carbocycles. The summed E-state index contributed by atoms with van der Waals surface area (Å²) in [6.07, 6.45) is -0.0231. The van der Waals surface area contributed by atoms with Crippen molar-refractivity contribution in [3.63, 3.8) is 0 Å². The smallest absolute Gasteiger partial charge is 0.343 e. The Morgan fingerprint density at radius 2 is 1.24 bits per heavy atom. The Kier molecular flexibility index (Phi) is 29.4. The van der Waals surface area contributed by atoms with Gasteiger partial charge in [-0.15, -0.1) is 0 Å². The molecule has 24 nitrogen and oxygen atoms in total. The third kappa shape index (κ3) is 21.0. The molecule has 98 heavy (non-hydrogen) atoms. The van der Waals surface area contributed by atoms with Crippen LogP contribution in [0.4, 0.5) is 13.2 Å². The standard InChI is InChI=1S/C69H101Cl2F3N12O12/c1-16-42(4)58-65(96)80(10)39-56(89)78(8)40-57(90)82(12)52(35-44-24-18-17-19-25-44)63(94)79(9)38-54(87)75-50(31-29-45-28-30-47(49(71)34-45)69(72,73)74)62(93)83(13)51(36-46-26-20-21-27-48(46)70)61(92)77-68(6,7)67(98)85(15)59(41(2)3)66(97)84(14)53(64(95)86-32-22-23-33-86)37-55(88)81(11)43(5)60(91)76-58/h20-21,26-28,30,34,41-44,50-53,58-59H,16-19,22-25,29,31-33,35-40H2,1-15H3,(H,75,87)(H,76,91)(H,77,92)/t42-,43-,50-,51-,52-,53?,58-,59-/m0/s1. The van der Waals surface area contributed by atoms with Crippen molar-refractivity contribution >= 4 is 94.1 Å². The summed E-state index contributed by atoms with van der Waals surface area (Å²) in [7, 11) is 10.8. The Hall–Kier alpha value is -7.55. The first-order chi connectivity index (χ1) is 45.7. The minimum absolute atomic E-state index is 0.00884. The van der Waals surface area contributed by atoms with Gasteiger partial charge in [0.15, 0.2) is 0 Å². The number of benzene rings is 2. The normalized spacial score (nSPS) is 24.7. The Balaban J connectivity index is 1.63. The summed E-state index contributed by atoms with van der Waals surface area (Å²) in [6.45, 7) is 9.94. The van der Waals surface area contributed by atoms with Gasteiger partial charge in [-0.05, 0) is 100.0 Å². The number of amides is 12. The van der Waals surface area contributed by atoms with Crippen molar-refractivity contribution in [3.05, 3.63) is 69.2 Å². The number of hydrogen-bond acceptors (Lipinski definition) is 12. The van der Waals surface area contributed by atoms with Crippen LogP contribution in [0.5, 0.6) is 0 Å². The van der Waals surface area contributed by atoms with Gasteiger partial charge in [0, 0.05) is 80.9 Å². The second-order valence-electron chi connectivity index (χ2n) is 27.6. The van der Waals surface area contributed by atoms with E-state index in [0.717, 1.165) is 78.5 Å². The molecule has 0 bridgehead atoms. The molecule has 29 heteroatoms. The number of carbonyl (C=O) groups excluding carboxylic acids is 12. The summed E-state index contributed by atoms with van der Waals surface area (Å²) in [4.78, 5) is 186. The molecular weight excluding hydrogens is 1320 g/mol. The zero-order valence-electron chi connectivity index (χ0n) is 59.4. The van der Waals surface area contributed by atoms with Crippen LogP contribution in [0, 0.1) is 17.8 Å². The molecule has 0 spiro atoms. The molecule has 0 radical (unpaired) electrons. The summed E-state index contributed by atoms with van der Waals surface area (Å²) in [5.41, 5.74) is -2.38. The average Bonchev–Trinajstić information content (AvgIpc) is 0.861. The molecule has 2 aromatic carbocycles. The molecule has 2 aliphatic heterocycles. The van der Waals surface area contributed by atoms with Gasteiger partial charge >= 0.3 is 6.18 Å². The van der Waals surface area contributed by atoms with Crippen LogP contribution in [0.2, 0.25) is 10.0 Å². The van der Waals surface area contributed by atoms with Gasteiger partial charge in [-0.1, -0.05) is 114 Å². The summed E-state index contributed by atoms with van der Waals surface area (Å²) in [6, 6.07) is -0.0226. The molecule has 2 aromatic rings. The SMILES string of the molecule is CC[C@H](C)[C@@H]1NC(=O)[C@H](C)N(C)C(=O)CC(C(=O)N2CCCC2)N(C)C(=O)[C@H](C(C)C)N(C)C(=O)C(C)(C)NC(=O)[C@H](Cc2ccccc2Cl)N(C)C(=O)[C@H](CCc2ccc(C(F)(F)F)c(Cl)c2)NC(=O)CN(C)C(=O)[C@H](CC2CCCCC2)N(C)C(=O)CN(C)C(=O)CN(C)C1=O. The highest BCUT2D eigenvalue weighted by Gasteiger charge is 2.46. The van der Waals surface area contributed by atoms with Crippen molar-refractivity contribution in [2.75, 3.05) is 89.1 Å². The lowest BCUT2D eigenvalue weighted by Crippen LogP contribution is -2.64. The molecule has 3 N–H and O–H groups in total. The summed E-state index contributed by atoms with van der Waals surface area (Å²) in [5.74, 6) is -10.1. The van der Waals surface area contributed by atoms with Crippen LogP contribution >= 0.6 is 23.2 Å². The van der Waals surface area contributed by atoms with Gasteiger partial charge < -0.3 is 60.0 Å². The number of halogens is 5. The molecule has 3 aliphatic rings. The molecule has 2 saturated heterocycles. The predicted octanol–water partition coefficient (Wildman–Crippen LogP) is 5.28. The molecule has 8 atom stereocenters. The molecular formula is C69H101Cl2F3N12O12. The van der Waals surface area contributed by atoms with Crippen molar-refractivity contribution < 1.29 is 70.7 Å². The van der Waals surface area contributed by atoms with Crippen LogP contribution in [0.1, 0.15) is 136 Å². The topological polar surface area (TPSA) is 270 Å². The number of carbonyl (C=O) groups is 12. The monoisotopic (exact) mass is 1420 g/mol. The lowest BCUT2D eigenvalue weighted by Gasteiger charge is -2.40. The molecule has 5 rings (SSSR count). The molecule has 12 amide bonds. The average molecular weight is 1420 g/mol. The van der Waals surface area contributed by atoms with Crippen molar-refractivity contribution in [1.82, 2.24) is 60.0 Å². The largest absolute Gasteiger partial charge is 0.417 e. The quantitative estimate of drug-likeness (QED) is 0.259. The molecule has 2 heterocycles. The highest BCUT2D eigenvalue weighted by atomic mass is 35.5. The maximum Gasteiger partial charge on any atom is 0.417 e. The van der Waals surface area contributed by atoms with E-state index in [9.17, 15) is 51.5 Å².